The zero-order chi connectivity index (χ0) is 17.6. The molecule has 2 aromatic rings. The first kappa shape index (κ1) is 17.9. The van der Waals surface area contributed by atoms with Crippen molar-refractivity contribution < 1.29 is 14.4 Å². The highest BCUT2D eigenvalue weighted by molar-refractivity contribution is 5.73. The molecule has 0 aliphatic rings. The lowest BCUT2D eigenvalue weighted by molar-refractivity contribution is 0.170. The van der Waals surface area contributed by atoms with Crippen LogP contribution in [-0.4, -0.2) is 33.9 Å². The zero-order valence-corrected chi connectivity index (χ0v) is 14.2. The fraction of sp³-hybridized carbons (Fsp3) is 0.471. The van der Waals surface area contributed by atoms with E-state index in [-0.39, 0.29) is 24.5 Å². The van der Waals surface area contributed by atoms with Gasteiger partial charge in [-0.05, 0) is 5.56 Å². The highest BCUT2D eigenvalue weighted by Gasteiger charge is 2.21. The van der Waals surface area contributed by atoms with Gasteiger partial charge in [0.2, 0.25) is 5.89 Å². The third kappa shape index (κ3) is 5.66. The van der Waals surface area contributed by atoms with Gasteiger partial charge >= 0.3 is 6.03 Å². The summed E-state index contributed by atoms with van der Waals surface area (Å²) >= 11 is 0. The lowest BCUT2D eigenvalue weighted by Gasteiger charge is -2.12. The maximum Gasteiger partial charge on any atom is 0.315 e. The van der Waals surface area contributed by atoms with Gasteiger partial charge in [0, 0.05) is 18.4 Å². The second kappa shape index (κ2) is 7.92. The normalized spacial score (nSPS) is 12.7. The van der Waals surface area contributed by atoms with Crippen molar-refractivity contribution in [2.45, 2.75) is 45.3 Å². The van der Waals surface area contributed by atoms with E-state index in [2.05, 4.69) is 20.8 Å². The van der Waals surface area contributed by atoms with Gasteiger partial charge in [0.05, 0.1) is 12.6 Å². The number of aliphatic hydroxyl groups excluding tert-OH is 1. The van der Waals surface area contributed by atoms with E-state index in [9.17, 15) is 9.90 Å². The number of aliphatic hydroxyl groups is 1. The average Bonchev–Trinajstić information content (AvgIpc) is 3.01. The monoisotopic (exact) mass is 332 g/mol. The molecule has 1 unspecified atom stereocenters. The number of hydrogen-bond donors (Lipinski definition) is 3. The summed E-state index contributed by atoms with van der Waals surface area (Å²) in [5, 5.41) is 19.0. The van der Waals surface area contributed by atoms with Crippen LogP contribution in [0, 0.1) is 0 Å². The Morgan fingerprint density at radius 3 is 2.58 bits per heavy atom. The molecular formula is C17H24N4O3. The number of hydrogen-bond acceptors (Lipinski definition) is 5. The van der Waals surface area contributed by atoms with Crippen LogP contribution in [0.15, 0.2) is 34.9 Å². The third-order valence-electron chi connectivity index (χ3n) is 3.33. The topological polar surface area (TPSA) is 100 Å². The number of nitrogens with one attached hydrogen (secondary N) is 2. The fourth-order valence-electron chi connectivity index (χ4n) is 2.02. The van der Waals surface area contributed by atoms with Crippen molar-refractivity contribution in [2.24, 2.45) is 0 Å². The van der Waals surface area contributed by atoms with Crippen LogP contribution >= 0.6 is 0 Å². The van der Waals surface area contributed by atoms with E-state index in [4.69, 9.17) is 4.52 Å². The summed E-state index contributed by atoms with van der Waals surface area (Å²) in [5.41, 5.74) is 0.795. The summed E-state index contributed by atoms with van der Waals surface area (Å²) in [6.07, 6.45) is -0.156. The molecule has 130 valence electrons. The zero-order valence-electron chi connectivity index (χ0n) is 14.2. The van der Waals surface area contributed by atoms with E-state index in [0.717, 1.165) is 5.56 Å². The Labute approximate surface area is 141 Å². The van der Waals surface area contributed by atoms with E-state index < -0.39 is 6.10 Å². The molecule has 0 saturated carbocycles. The first-order chi connectivity index (χ1) is 11.3. The minimum Gasteiger partial charge on any atom is -0.391 e. The molecule has 0 bridgehead atoms. The molecule has 1 atom stereocenters. The average molecular weight is 332 g/mol. The summed E-state index contributed by atoms with van der Waals surface area (Å²) in [6.45, 7) is 6.25. The highest BCUT2D eigenvalue weighted by Crippen LogP contribution is 2.19. The number of urea groups is 1. The number of aromatic nitrogens is 2. The van der Waals surface area contributed by atoms with Crippen LogP contribution in [0.3, 0.4) is 0 Å². The molecule has 24 heavy (non-hydrogen) atoms. The molecule has 0 spiro atoms. The van der Waals surface area contributed by atoms with Crippen LogP contribution in [0.1, 0.15) is 38.0 Å². The van der Waals surface area contributed by atoms with Crippen molar-refractivity contribution in [1.82, 2.24) is 20.8 Å². The molecule has 3 N–H and O–H groups in total. The quantitative estimate of drug-likeness (QED) is 0.748. The Hall–Kier alpha value is -2.41. The molecule has 0 aliphatic heterocycles. The van der Waals surface area contributed by atoms with E-state index >= 15 is 0 Å². The highest BCUT2D eigenvalue weighted by atomic mass is 16.5. The lowest BCUT2D eigenvalue weighted by Crippen LogP contribution is -2.40. The predicted octanol–water partition coefficient (Wildman–Crippen LogP) is 1.77. The van der Waals surface area contributed by atoms with Gasteiger partial charge in [-0.2, -0.15) is 4.98 Å². The molecule has 1 aromatic heterocycles. The second-order valence-electron chi connectivity index (χ2n) is 6.67. The van der Waals surface area contributed by atoms with Gasteiger partial charge in [-0.15, -0.1) is 0 Å². The molecule has 2 amide bonds. The molecular weight excluding hydrogens is 308 g/mol. The first-order valence-corrected chi connectivity index (χ1v) is 7.91. The number of amides is 2. The maximum atomic E-state index is 11.8. The van der Waals surface area contributed by atoms with E-state index in [1.165, 1.54) is 0 Å². The Balaban J connectivity index is 1.70. The summed E-state index contributed by atoms with van der Waals surface area (Å²) in [7, 11) is 0. The molecule has 7 heteroatoms. The summed E-state index contributed by atoms with van der Waals surface area (Å²) < 4.78 is 5.15. The minimum atomic E-state index is -0.643. The van der Waals surface area contributed by atoms with Gasteiger partial charge in [-0.25, -0.2) is 4.79 Å². The smallest absolute Gasteiger partial charge is 0.315 e. The SMILES string of the molecule is CC(C)(C)c1nc(CNC(=O)NCC(O)Cc2ccccc2)no1. The molecule has 0 fully saturated rings. The van der Waals surface area contributed by atoms with Gasteiger partial charge in [0.15, 0.2) is 5.82 Å². The second-order valence-corrected chi connectivity index (χ2v) is 6.67. The van der Waals surface area contributed by atoms with Gasteiger partial charge in [-0.3, -0.25) is 0 Å². The molecule has 0 saturated heterocycles. The van der Waals surface area contributed by atoms with Crippen molar-refractivity contribution >= 4 is 6.03 Å². The third-order valence-corrected chi connectivity index (χ3v) is 3.33. The number of nitrogens with zero attached hydrogens (tertiary/aromatic N) is 2. The Morgan fingerprint density at radius 2 is 1.96 bits per heavy atom. The molecule has 0 aliphatic carbocycles. The lowest BCUT2D eigenvalue weighted by atomic mass is 9.97. The number of carbonyl (C=O) groups is 1. The Kier molecular flexibility index (Phi) is 5.92. The van der Waals surface area contributed by atoms with Gasteiger partial charge < -0.3 is 20.3 Å². The fourth-order valence-corrected chi connectivity index (χ4v) is 2.02. The standard InChI is InChI=1S/C17H24N4O3/c1-17(2,3)15-20-14(21-24-15)11-19-16(23)18-10-13(22)9-12-7-5-4-6-8-12/h4-8,13,22H,9-11H2,1-3H3,(H2,18,19,23). The number of benzene rings is 1. The number of carbonyl (C=O) groups excluding carboxylic acids is 1. The predicted molar refractivity (Wildman–Crippen MR) is 89.4 cm³/mol. The largest absolute Gasteiger partial charge is 0.391 e. The summed E-state index contributed by atoms with van der Waals surface area (Å²) in [6, 6.07) is 9.24. The van der Waals surface area contributed by atoms with Crippen LogP contribution in [0.5, 0.6) is 0 Å². The molecule has 0 radical (unpaired) electrons. The molecule has 2 rings (SSSR count). The van der Waals surface area contributed by atoms with E-state index in [1.54, 1.807) is 0 Å². The maximum absolute atomic E-state index is 11.8. The van der Waals surface area contributed by atoms with Crippen molar-refractivity contribution in [3.8, 4) is 0 Å². The molecule has 7 nitrogen and oxygen atoms in total. The van der Waals surface area contributed by atoms with Crippen molar-refractivity contribution in [3.63, 3.8) is 0 Å². The van der Waals surface area contributed by atoms with Gasteiger partial charge in [0.25, 0.3) is 0 Å². The minimum absolute atomic E-state index is 0.167. The molecule has 1 aromatic carbocycles. The molecule has 1 heterocycles. The van der Waals surface area contributed by atoms with Gasteiger partial charge in [0.1, 0.15) is 0 Å². The van der Waals surface area contributed by atoms with Crippen LogP contribution in [0.25, 0.3) is 0 Å². The van der Waals surface area contributed by atoms with Crippen LogP contribution in [0.2, 0.25) is 0 Å². The van der Waals surface area contributed by atoms with E-state index in [1.807, 2.05) is 51.1 Å². The first-order valence-electron chi connectivity index (χ1n) is 7.91. The van der Waals surface area contributed by atoms with Crippen molar-refractivity contribution in [1.29, 1.82) is 0 Å². The van der Waals surface area contributed by atoms with Crippen LogP contribution in [-0.2, 0) is 18.4 Å². The van der Waals surface area contributed by atoms with E-state index in [0.29, 0.717) is 18.1 Å². The van der Waals surface area contributed by atoms with Crippen molar-refractivity contribution in [3.05, 3.63) is 47.6 Å². The van der Waals surface area contributed by atoms with Gasteiger partial charge in [-0.1, -0.05) is 56.3 Å². The number of rotatable bonds is 6. The van der Waals surface area contributed by atoms with Crippen LogP contribution < -0.4 is 10.6 Å². The summed E-state index contributed by atoms with van der Waals surface area (Å²) in [4.78, 5) is 16.0. The van der Waals surface area contributed by atoms with Crippen LogP contribution in [0.4, 0.5) is 4.79 Å². The Bertz CT molecular complexity index is 649. The summed E-state index contributed by atoms with van der Waals surface area (Å²) in [5.74, 6) is 0.943. The van der Waals surface area contributed by atoms with Crippen molar-refractivity contribution in [2.75, 3.05) is 6.54 Å². The Morgan fingerprint density at radius 1 is 1.25 bits per heavy atom.